The first-order valence-electron chi connectivity index (χ1n) is 5.04. The van der Waals surface area contributed by atoms with E-state index in [0.29, 0.717) is 5.58 Å². The molecular weight excluding hydrogens is 206 g/mol. The molecule has 0 atom stereocenters. The highest BCUT2D eigenvalue weighted by molar-refractivity contribution is 5.74. The maximum Gasteiger partial charge on any atom is 0.304 e. The molecular formula is C12H13NO3. The molecule has 0 aliphatic carbocycles. The van der Waals surface area contributed by atoms with Crippen LogP contribution in [-0.2, 0) is 10.2 Å². The Morgan fingerprint density at radius 1 is 1.50 bits per heavy atom. The van der Waals surface area contributed by atoms with Crippen molar-refractivity contribution >= 4 is 17.1 Å². The van der Waals surface area contributed by atoms with Crippen molar-refractivity contribution in [3.8, 4) is 0 Å². The average Bonchev–Trinajstić information content (AvgIpc) is 2.61. The van der Waals surface area contributed by atoms with Crippen LogP contribution in [0.3, 0.4) is 0 Å². The summed E-state index contributed by atoms with van der Waals surface area (Å²) in [5.74, 6) is -0.803. The Morgan fingerprint density at radius 2 is 2.25 bits per heavy atom. The van der Waals surface area contributed by atoms with E-state index >= 15 is 0 Å². The number of benzene rings is 1. The number of fused-ring (bicyclic) bond motifs is 1. The van der Waals surface area contributed by atoms with Gasteiger partial charge in [-0.15, -0.1) is 0 Å². The van der Waals surface area contributed by atoms with Crippen LogP contribution in [0.1, 0.15) is 25.8 Å². The first-order valence-corrected chi connectivity index (χ1v) is 5.04. The summed E-state index contributed by atoms with van der Waals surface area (Å²) >= 11 is 0. The largest absolute Gasteiger partial charge is 0.481 e. The van der Waals surface area contributed by atoms with Crippen molar-refractivity contribution in [2.45, 2.75) is 25.7 Å². The first kappa shape index (κ1) is 10.7. The van der Waals surface area contributed by atoms with Crippen LogP contribution < -0.4 is 0 Å². The van der Waals surface area contributed by atoms with Gasteiger partial charge < -0.3 is 9.52 Å². The minimum atomic E-state index is -0.803. The van der Waals surface area contributed by atoms with Gasteiger partial charge >= 0.3 is 5.97 Å². The molecule has 0 saturated carbocycles. The van der Waals surface area contributed by atoms with Crippen molar-refractivity contribution in [3.63, 3.8) is 0 Å². The summed E-state index contributed by atoms with van der Waals surface area (Å²) < 4.78 is 5.20. The van der Waals surface area contributed by atoms with Gasteiger partial charge in [0.15, 0.2) is 12.0 Å². The molecule has 2 rings (SSSR count). The van der Waals surface area contributed by atoms with Crippen LogP contribution in [0, 0.1) is 0 Å². The summed E-state index contributed by atoms with van der Waals surface area (Å²) in [6.45, 7) is 3.80. The zero-order valence-electron chi connectivity index (χ0n) is 9.23. The average molecular weight is 219 g/mol. The predicted octanol–water partition coefficient (Wildman–Crippen LogP) is 2.58. The lowest BCUT2D eigenvalue weighted by Gasteiger charge is -2.22. The molecule has 1 aromatic heterocycles. The SMILES string of the molecule is CC(C)(CC(=O)O)c1ccc2ncoc2c1. The molecule has 0 saturated heterocycles. The number of carboxylic acids is 1. The second-order valence-corrected chi connectivity index (χ2v) is 4.49. The molecule has 0 amide bonds. The summed E-state index contributed by atoms with van der Waals surface area (Å²) in [6, 6.07) is 5.59. The van der Waals surface area contributed by atoms with E-state index in [0.717, 1.165) is 11.1 Å². The van der Waals surface area contributed by atoms with Gasteiger partial charge in [0, 0.05) is 5.41 Å². The third-order valence-corrected chi connectivity index (χ3v) is 2.71. The molecule has 1 N–H and O–H groups in total. The summed E-state index contributed by atoms with van der Waals surface area (Å²) in [5.41, 5.74) is 2.01. The Morgan fingerprint density at radius 3 is 2.94 bits per heavy atom. The third-order valence-electron chi connectivity index (χ3n) is 2.71. The number of carboxylic acid groups (broad SMARTS) is 1. The van der Waals surface area contributed by atoms with Gasteiger partial charge in [-0.05, 0) is 17.7 Å². The molecule has 0 fully saturated rings. The molecule has 0 aliphatic heterocycles. The number of nitrogens with zero attached hydrogens (tertiary/aromatic N) is 1. The molecule has 0 aliphatic rings. The molecule has 2 aromatic rings. The van der Waals surface area contributed by atoms with Crippen LogP contribution in [0.15, 0.2) is 29.0 Å². The number of carbonyl (C=O) groups is 1. The van der Waals surface area contributed by atoms with Crippen LogP contribution in [0.2, 0.25) is 0 Å². The minimum Gasteiger partial charge on any atom is -0.481 e. The molecule has 16 heavy (non-hydrogen) atoms. The van der Waals surface area contributed by atoms with Crippen LogP contribution >= 0.6 is 0 Å². The van der Waals surface area contributed by atoms with Crippen molar-refractivity contribution in [1.82, 2.24) is 4.98 Å². The fourth-order valence-corrected chi connectivity index (χ4v) is 1.76. The minimum absolute atomic E-state index is 0.0899. The van der Waals surface area contributed by atoms with E-state index in [9.17, 15) is 4.79 Å². The molecule has 0 unspecified atom stereocenters. The highest BCUT2D eigenvalue weighted by Crippen LogP contribution is 2.29. The first-order chi connectivity index (χ1) is 7.49. The van der Waals surface area contributed by atoms with Crippen molar-refractivity contribution in [2.24, 2.45) is 0 Å². The van der Waals surface area contributed by atoms with Gasteiger partial charge in [0.05, 0.1) is 6.42 Å². The summed E-state index contributed by atoms with van der Waals surface area (Å²) in [5, 5.41) is 8.85. The summed E-state index contributed by atoms with van der Waals surface area (Å²) in [4.78, 5) is 14.8. The van der Waals surface area contributed by atoms with E-state index in [1.54, 1.807) is 0 Å². The topological polar surface area (TPSA) is 63.3 Å². The fraction of sp³-hybridized carbons (Fsp3) is 0.333. The number of rotatable bonds is 3. The number of hydrogen-bond acceptors (Lipinski definition) is 3. The van der Waals surface area contributed by atoms with Crippen molar-refractivity contribution < 1.29 is 14.3 Å². The lowest BCUT2D eigenvalue weighted by atomic mass is 9.81. The summed E-state index contributed by atoms with van der Waals surface area (Å²) in [7, 11) is 0. The number of aromatic nitrogens is 1. The third kappa shape index (κ3) is 1.91. The Hall–Kier alpha value is -1.84. The second kappa shape index (κ2) is 3.63. The Kier molecular flexibility index (Phi) is 2.42. The zero-order valence-corrected chi connectivity index (χ0v) is 9.23. The molecule has 0 spiro atoms. The van der Waals surface area contributed by atoms with E-state index in [1.807, 2.05) is 32.0 Å². The van der Waals surface area contributed by atoms with Crippen LogP contribution in [0.4, 0.5) is 0 Å². The van der Waals surface area contributed by atoms with Crippen LogP contribution in [0.5, 0.6) is 0 Å². The van der Waals surface area contributed by atoms with Gasteiger partial charge in [-0.25, -0.2) is 4.98 Å². The maximum absolute atomic E-state index is 10.8. The van der Waals surface area contributed by atoms with Gasteiger partial charge in [0.1, 0.15) is 5.52 Å². The van der Waals surface area contributed by atoms with E-state index in [2.05, 4.69) is 4.98 Å². The van der Waals surface area contributed by atoms with Gasteiger partial charge in [-0.1, -0.05) is 19.9 Å². The molecule has 4 heteroatoms. The molecule has 1 heterocycles. The van der Waals surface area contributed by atoms with Crippen LogP contribution in [0.25, 0.3) is 11.1 Å². The van der Waals surface area contributed by atoms with Crippen molar-refractivity contribution in [2.75, 3.05) is 0 Å². The maximum atomic E-state index is 10.8. The van der Waals surface area contributed by atoms with E-state index < -0.39 is 11.4 Å². The number of aliphatic carboxylic acids is 1. The van der Waals surface area contributed by atoms with Gasteiger partial charge in [-0.2, -0.15) is 0 Å². The fourth-order valence-electron chi connectivity index (χ4n) is 1.76. The standard InChI is InChI=1S/C12H13NO3/c1-12(2,6-11(14)15)8-3-4-9-10(5-8)16-7-13-9/h3-5,7H,6H2,1-2H3,(H,14,15). The predicted molar refractivity (Wildman–Crippen MR) is 59.3 cm³/mol. The molecule has 4 nitrogen and oxygen atoms in total. The smallest absolute Gasteiger partial charge is 0.304 e. The molecule has 1 aromatic carbocycles. The van der Waals surface area contributed by atoms with Crippen molar-refractivity contribution in [3.05, 3.63) is 30.2 Å². The zero-order chi connectivity index (χ0) is 11.8. The molecule has 84 valence electrons. The Balaban J connectivity index is 2.41. The van der Waals surface area contributed by atoms with E-state index in [4.69, 9.17) is 9.52 Å². The number of hydrogen-bond donors (Lipinski definition) is 1. The lowest BCUT2D eigenvalue weighted by molar-refractivity contribution is -0.138. The monoisotopic (exact) mass is 219 g/mol. The second-order valence-electron chi connectivity index (χ2n) is 4.49. The van der Waals surface area contributed by atoms with Crippen LogP contribution in [-0.4, -0.2) is 16.1 Å². The Bertz CT molecular complexity index is 528. The van der Waals surface area contributed by atoms with Gasteiger partial charge in [-0.3, -0.25) is 4.79 Å². The summed E-state index contributed by atoms with van der Waals surface area (Å²) in [6.07, 6.45) is 1.48. The Labute approximate surface area is 92.9 Å². The normalized spacial score (nSPS) is 11.9. The number of oxazole rings is 1. The highest BCUT2D eigenvalue weighted by atomic mass is 16.4. The van der Waals surface area contributed by atoms with Gasteiger partial charge in [0.2, 0.25) is 0 Å². The molecule has 0 radical (unpaired) electrons. The molecule has 0 bridgehead atoms. The highest BCUT2D eigenvalue weighted by Gasteiger charge is 2.24. The quantitative estimate of drug-likeness (QED) is 0.861. The van der Waals surface area contributed by atoms with Gasteiger partial charge in [0.25, 0.3) is 0 Å². The lowest BCUT2D eigenvalue weighted by Crippen LogP contribution is -2.21. The van der Waals surface area contributed by atoms with E-state index in [-0.39, 0.29) is 6.42 Å². The van der Waals surface area contributed by atoms with E-state index in [1.165, 1.54) is 6.39 Å². The van der Waals surface area contributed by atoms with Crippen molar-refractivity contribution in [1.29, 1.82) is 0 Å².